The van der Waals surface area contributed by atoms with Gasteiger partial charge in [0.15, 0.2) is 9.84 Å². The van der Waals surface area contributed by atoms with Gasteiger partial charge in [-0.3, -0.25) is 9.59 Å². The predicted octanol–water partition coefficient (Wildman–Crippen LogP) is 6.07. The quantitative estimate of drug-likeness (QED) is 0.234. The molecule has 3 aromatic rings. The number of benzene rings is 2. The number of fused-ring (bicyclic) bond motifs is 2. The van der Waals surface area contributed by atoms with Gasteiger partial charge in [-0.15, -0.1) is 0 Å². The molecule has 5 rings (SSSR count). The summed E-state index contributed by atoms with van der Waals surface area (Å²) in [6.07, 6.45) is 6.97. The Balaban J connectivity index is 1.55. The highest BCUT2D eigenvalue weighted by Gasteiger charge is 2.29. The third-order valence-electron chi connectivity index (χ3n) is 7.10. The van der Waals surface area contributed by atoms with Crippen LogP contribution < -0.4 is 5.32 Å². The second-order valence-electron chi connectivity index (χ2n) is 9.61. The summed E-state index contributed by atoms with van der Waals surface area (Å²) in [6.45, 7) is 0. The van der Waals surface area contributed by atoms with Crippen molar-refractivity contribution < 1.29 is 23.1 Å². The lowest BCUT2D eigenvalue weighted by Crippen LogP contribution is -2.06. The topological polar surface area (TPSA) is 116 Å². The number of amides is 1. The van der Waals surface area contributed by atoms with Crippen molar-refractivity contribution in [3.8, 4) is 0 Å². The van der Waals surface area contributed by atoms with Gasteiger partial charge in [-0.05, 0) is 79.6 Å². The predicted molar refractivity (Wildman–Crippen MR) is 148 cm³/mol. The molecule has 10 heteroatoms. The van der Waals surface area contributed by atoms with E-state index in [1.165, 1.54) is 12.1 Å². The summed E-state index contributed by atoms with van der Waals surface area (Å²) in [5.41, 5.74) is 5.45. The number of H-pyrrole nitrogens is 1. The maximum atomic E-state index is 13.3. The molecule has 0 saturated carbocycles. The third-order valence-corrected chi connectivity index (χ3v) is 9.45. The van der Waals surface area contributed by atoms with Crippen LogP contribution in [-0.4, -0.2) is 30.4 Å². The van der Waals surface area contributed by atoms with Crippen LogP contribution in [-0.2, 0) is 44.4 Å². The van der Waals surface area contributed by atoms with Crippen molar-refractivity contribution in [1.82, 2.24) is 4.98 Å². The fraction of sp³-hybridized carbons (Fsp3) is 0.286. The largest absolute Gasteiger partial charge is 0.481 e. The van der Waals surface area contributed by atoms with Gasteiger partial charge in [0.2, 0.25) is 0 Å². The molecule has 0 atom stereocenters. The van der Waals surface area contributed by atoms with Crippen molar-refractivity contribution in [1.29, 1.82) is 0 Å². The van der Waals surface area contributed by atoms with Crippen LogP contribution in [0, 0.1) is 0 Å². The molecule has 2 heterocycles. The minimum atomic E-state index is -3.83. The zero-order chi connectivity index (χ0) is 27.0. The Morgan fingerprint density at radius 2 is 1.76 bits per heavy atom. The summed E-state index contributed by atoms with van der Waals surface area (Å²) < 4.78 is 26.6. The van der Waals surface area contributed by atoms with Crippen LogP contribution in [0.3, 0.4) is 0 Å². The molecule has 2 aromatic carbocycles. The summed E-state index contributed by atoms with van der Waals surface area (Å²) in [7, 11) is -3.83. The van der Waals surface area contributed by atoms with E-state index in [2.05, 4.69) is 10.3 Å². The lowest BCUT2D eigenvalue weighted by Gasteiger charge is -2.10. The molecule has 0 spiro atoms. The molecule has 0 bridgehead atoms. The molecule has 1 aromatic heterocycles. The number of rotatable bonds is 7. The molecule has 0 radical (unpaired) electrons. The number of carbonyl (C=O) groups is 2. The van der Waals surface area contributed by atoms with Crippen molar-refractivity contribution in [2.75, 3.05) is 5.32 Å². The lowest BCUT2D eigenvalue weighted by atomic mass is 9.98. The van der Waals surface area contributed by atoms with E-state index in [0.717, 1.165) is 48.9 Å². The smallest absolute Gasteiger partial charge is 0.303 e. The zero-order valence-electron chi connectivity index (χ0n) is 20.4. The standard InChI is InChI=1S/C28H26Cl2N2O5S/c29-22-6-4-7-23(30)21(22)15-38(36,37)16-9-11-25-19(13-16)20(28(35)32-25)14-26-18(10-12-27(33)34)17-5-2-1-3-8-24(17)31-26/h4,6-7,9,11,13-14,31H,1-3,5,8,10,12,15H2,(H,32,35)(H,33,34)/b20-14-. The first-order valence-corrected chi connectivity index (χ1v) is 14.8. The number of sulfone groups is 1. The van der Waals surface area contributed by atoms with E-state index in [-0.39, 0.29) is 33.0 Å². The van der Waals surface area contributed by atoms with Crippen molar-refractivity contribution in [3.63, 3.8) is 0 Å². The molecule has 1 aliphatic heterocycles. The summed E-state index contributed by atoms with van der Waals surface area (Å²) >= 11 is 12.4. The molecule has 1 amide bonds. The third kappa shape index (κ3) is 5.25. The van der Waals surface area contributed by atoms with E-state index in [4.69, 9.17) is 23.2 Å². The maximum Gasteiger partial charge on any atom is 0.303 e. The molecule has 0 unspecified atom stereocenters. The second kappa shape index (κ2) is 10.6. The summed E-state index contributed by atoms with van der Waals surface area (Å²) in [4.78, 5) is 27.8. The molecule has 198 valence electrons. The number of anilines is 1. The van der Waals surface area contributed by atoms with E-state index >= 15 is 0 Å². The van der Waals surface area contributed by atoms with E-state index in [1.54, 1.807) is 30.3 Å². The Morgan fingerprint density at radius 1 is 1.03 bits per heavy atom. The molecule has 0 fully saturated rings. The number of carboxylic acids is 1. The monoisotopic (exact) mass is 572 g/mol. The van der Waals surface area contributed by atoms with Crippen molar-refractivity contribution in [2.24, 2.45) is 0 Å². The highest BCUT2D eigenvalue weighted by Crippen LogP contribution is 2.38. The molecular formula is C28H26Cl2N2O5S. The van der Waals surface area contributed by atoms with Gasteiger partial charge in [-0.2, -0.15) is 0 Å². The number of hydrogen-bond acceptors (Lipinski definition) is 4. The van der Waals surface area contributed by atoms with Gasteiger partial charge < -0.3 is 15.4 Å². The minimum absolute atomic E-state index is 0.0176. The van der Waals surface area contributed by atoms with Gasteiger partial charge in [0.25, 0.3) is 5.91 Å². The van der Waals surface area contributed by atoms with Gasteiger partial charge in [0.05, 0.1) is 16.2 Å². The average molecular weight is 573 g/mol. The number of hydrogen-bond donors (Lipinski definition) is 3. The second-order valence-corrected chi connectivity index (χ2v) is 12.4. The van der Waals surface area contributed by atoms with Crippen molar-refractivity contribution in [2.45, 2.75) is 55.6 Å². The highest BCUT2D eigenvalue weighted by atomic mass is 35.5. The molecule has 2 aliphatic rings. The van der Waals surface area contributed by atoms with E-state index in [1.807, 2.05) is 0 Å². The van der Waals surface area contributed by atoms with Crippen LogP contribution >= 0.6 is 23.2 Å². The number of aromatic nitrogens is 1. The van der Waals surface area contributed by atoms with Gasteiger partial charge in [-0.1, -0.05) is 35.7 Å². The molecule has 38 heavy (non-hydrogen) atoms. The normalized spacial score (nSPS) is 16.2. The number of halogens is 2. The van der Waals surface area contributed by atoms with Crippen LogP contribution in [0.4, 0.5) is 5.69 Å². The molecule has 0 saturated heterocycles. The highest BCUT2D eigenvalue weighted by molar-refractivity contribution is 7.90. The van der Waals surface area contributed by atoms with Gasteiger partial charge >= 0.3 is 5.97 Å². The summed E-state index contributed by atoms with van der Waals surface area (Å²) in [5.74, 6) is -1.62. The summed E-state index contributed by atoms with van der Waals surface area (Å²) in [6, 6.07) is 9.34. The Labute approximate surface area is 230 Å². The van der Waals surface area contributed by atoms with Crippen LogP contribution in [0.25, 0.3) is 11.6 Å². The number of aliphatic carboxylic acids is 1. The van der Waals surface area contributed by atoms with Gasteiger partial charge in [0, 0.05) is 44.7 Å². The first-order valence-electron chi connectivity index (χ1n) is 12.4. The van der Waals surface area contributed by atoms with E-state index in [9.17, 15) is 23.1 Å². The van der Waals surface area contributed by atoms with E-state index < -0.39 is 15.8 Å². The molecule has 3 N–H and O–H groups in total. The van der Waals surface area contributed by atoms with Crippen molar-refractivity contribution >= 4 is 62.3 Å². The maximum absolute atomic E-state index is 13.3. The Morgan fingerprint density at radius 3 is 2.50 bits per heavy atom. The van der Waals surface area contributed by atoms with Crippen LogP contribution in [0.5, 0.6) is 0 Å². The van der Waals surface area contributed by atoms with E-state index in [0.29, 0.717) is 34.5 Å². The summed E-state index contributed by atoms with van der Waals surface area (Å²) in [5, 5.41) is 12.6. The van der Waals surface area contributed by atoms with Crippen LogP contribution in [0.1, 0.15) is 59.3 Å². The van der Waals surface area contributed by atoms with Gasteiger partial charge in [-0.25, -0.2) is 8.42 Å². The Bertz CT molecular complexity index is 1570. The fourth-order valence-corrected chi connectivity index (χ4v) is 7.31. The molecular weight excluding hydrogens is 547 g/mol. The number of nitrogens with one attached hydrogen (secondary N) is 2. The number of aromatic amines is 1. The first-order chi connectivity index (χ1) is 18.1. The zero-order valence-corrected chi connectivity index (χ0v) is 22.8. The number of carboxylic acid groups (broad SMARTS) is 1. The first kappa shape index (κ1) is 26.5. The SMILES string of the molecule is O=C(O)CCc1c(/C=C2\C(=O)Nc3ccc(S(=O)(=O)Cc4c(Cl)cccc4Cl)cc32)[nH]c2c1CCCCC2. The van der Waals surface area contributed by atoms with Crippen LogP contribution in [0.15, 0.2) is 41.3 Å². The fourth-order valence-electron chi connectivity index (χ4n) is 5.19. The Kier molecular flexibility index (Phi) is 7.40. The molecule has 7 nitrogen and oxygen atoms in total. The number of aryl methyl sites for hydroxylation is 1. The van der Waals surface area contributed by atoms with Gasteiger partial charge in [0.1, 0.15) is 0 Å². The molecule has 1 aliphatic carbocycles. The van der Waals surface area contributed by atoms with Crippen LogP contribution in [0.2, 0.25) is 10.0 Å². The van der Waals surface area contributed by atoms with Crippen molar-refractivity contribution in [3.05, 3.63) is 80.1 Å². The number of carbonyl (C=O) groups excluding carboxylic acids is 1. The Hall–Kier alpha value is -3.07. The minimum Gasteiger partial charge on any atom is -0.481 e. The average Bonchev–Trinajstić information content (AvgIpc) is 3.24. The lowest BCUT2D eigenvalue weighted by molar-refractivity contribution is -0.137.